The van der Waals surface area contributed by atoms with Crippen LogP contribution in [0.3, 0.4) is 0 Å². The predicted octanol–water partition coefficient (Wildman–Crippen LogP) is 3.49. The van der Waals surface area contributed by atoms with Gasteiger partial charge in [0.15, 0.2) is 0 Å². The molecule has 2 N–H and O–H groups in total. The fourth-order valence-electron chi connectivity index (χ4n) is 2.54. The van der Waals surface area contributed by atoms with Crippen molar-refractivity contribution in [3.05, 3.63) is 48.0 Å². The molecule has 0 amide bonds. The minimum atomic E-state index is 0.556. The number of fused-ring (bicyclic) bond motifs is 1. The molecule has 114 valence electrons. The first-order valence-electron chi connectivity index (χ1n) is 7.61. The molecule has 1 heterocycles. The van der Waals surface area contributed by atoms with Gasteiger partial charge < -0.3 is 15.0 Å². The van der Waals surface area contributed by atoms with Crippen LogP contribution in [0, 0.1) is 0 Å². The van der Waals surface area contributed by atoms with Crippen LogP contribution < -0.4 is 10.5 Å². The Bertz CT molecular complexity index is 775. The summed E-state index contributed by atoms with van der Waals surface area (Å²) in [6.07, 6.45) is 0.999. The zero-order valence-electron chi connectivity index (χ0n) is 13.0. The standard InChI is InChI=1S/C18H21N3O/c1-3-10-22-15-8-9-17-16(11-15)20-18(21(17)2)14-6-4-13(12-19)5-7-14/h4-9,11H,3,10,12,19H2,1-2H3. The van der Waals surface area contributed by atoms with Gasteiger partial charge in [-0.15, -0.1) is 0 Å². The maximum absolute atomic E-state index is 5.69. The lowest BCUT2D eigenvalue weighted by Crippen LogP contribution is -1.96. The summed E-state index contributed by atoms with van der Waals surface area (Å²) >= 11 is 0. The van der Waals surface area contributed by atoms with Crippen LogP contribution in [-0.2, 0) is 13.6 Å². The number of ether oxygens (including phenoxy) is 1. The van der Waals surface area contributed by atoms with Crippen molar-refractivity contribution in [1.29, 1.82) is 0 Å². The van der Waals surface area contributed by atoms with E-state index in [9.17, 15) is 0 Å². The Kier molecular flexibility index (Phi) is 4.11. The van der Waals surface area contributed by atoms with E-state index in [1.165, 1.54) is 0 Å². The quantitative estimate of drug-likeness (QED) is 0.784. The van der Waals surface area contributed by atoms with Crippen LogP contribution in [-0.4, -0.2) is 16.2 Å². The van der Waals surface area contributed by atoms with Crippen LogP contribution in [0.2, 0.25) is 0 Å². The van der Waals surface area contributed by atoms with Crippen LogP contribution in [0.15, 0.2) is 42.5 Å². The molecule has 2 aromatic carbocycles. The molecule has 0 radical (unpaired) electrons. The van der Waals surface area contributed by atoms with Gasteiger partial charge in [0.05, 0.1) is 17.6 Å². The second-order valence-corrected chi connectivity index (χ2v) is 5.39. The van der Waals surface area contributed by atoms with Gasteiger partial charge >= 0.3 is 0 Å². The lowest BCUT2D eigenvalue weighted by atomic mass is 10.1. The summed E-state index contributed by atoms with van der Waals surface area (Å²) in [5, 5.41) is 0. The minimum Gasteiger partial charge on any atom is -0.494 e. The molecule has 0 bridgehead atoms. The maximum Gasteiger partial charge on any atom is 0.140 e. The topological polar surface area (TPSA) is 53.1 Å². The highest BCUT2D eigenvalue weighted by atomic mass is 16.5. The van der Waals surface area contributed by atoms with Gasteiger partial charge in [-0.2, -0.15) is 0 Å². The van der Waals surface area contributed by atoms with Crippen LogP contribution in [0.1, 0.15) is 18.9 Å². The minimum absolute atomic E-state index is 0.556. The molecule has 0 fully saturated rings. The number of aryl methyl sites for hydroxylation is 1. The van der Waals surface area contributed by atoms with Crippen LogP contribution in [0.4, 0.5) is 0 Å². The summed E-state index contributed by atoms with van der Waals surface area (Å²) in [5.41, 5.74) is 9.92. The Labute approximate surface area is 130 Å². The molecule has 0 atom stereocenters. The largest absolute Gasteiger partial charge is 0.494 e. The van der Waals surface area contributed by atoms with Gasteiger partial charge in [-0.1, -0.05) is 31.2 Å². The normalized spacial score (nSPS) is 11.0. The Morgan fingerprint density at radius 1 is 1.14 bits per heavy atom. The van der Waals surface area contributed by atoms with Crippen LogP contribution in [0.25, 0.3) is 22.4 Å². The second kappa shape index (κ2) is 6.20. The number of hydrogen-bond donors (Lipinski definition) is 1. The van der Waals surface area contributed by atoms with Crippen molar-refractivity contribution in [1.82, 2.24) is 9.55 Å². The van der Waals surface area contributed by atoms with Crippen molar-refractivity contribution in [2.45, 2.75) is 19.9 Å². The number of imidazole rings is 1. The molecule has 0 aliphatic rings. The molecular formula is C18H21N3O. The first kappa shape index (κ1) is 14.6. The third kappa shape index (κ3) is 2.70. The molecule has 4 heteroatoms. The fraction of sp³-hybridized carbons (Fsp3) is 0.278. The van der Waals surface area contributed by atoms with E-state index in [-0.39, 0.29) is 0 Å². The van der Waals surface area contributed by atoms with E-state index < -0.39 is 0 Å². The molecular weight excluding hydrogens is 274 g/mol. The molecule has 4 nitrogen and oxygen atoms in total. The van der Waals surface area contributed by atoms with Gasteiger partial charge in [-0.25, -0.2) is 4.98 Å². The summed E-state index contributed by atoms with van der Waals surface area (Å²) in [6.45, 7) is 3.38. The van der Waals surface area contributed by atoms with Crippen molar-refractivity contribution in [3.63, 3.8) is 0 Å². The zero-order chi connectivity index (χ0) is 15.5. The molecule has 22 heavy (non-hydrogen) atoms. The molecule has 1 aromatic heterocycles. The molecule has 0 aliphatic carbocycles. The fourth-order valence-corrected chi connectivity index (χ4v) is 2.54. The first-order chi connectivity index (χ1) is 10.7. The summed E-state index contributed by atoms with van der Waals surface area (Å²) in [7, 11) is 2.04. The van der Waals surface area contributed by atoms with Gasteiger partial charge in [-0.05, 0) is 24.1 Å². The zero-order valence-corrected chi connectivity index (χ0v) is 13.0. The molecule has 0 saturated heterocycles. The highest BCUT2D eigenvalue weighted by Gasteiger charge is 2.10. The number of nitrogens with two attached hydrogens (primary N) is 1. The van der Waals surface area contributed by atoms with E-state index in [0.29, 0.717) is 6.54 Å². The predicted molar refractivity (Wildman–Crippen MR) is 89.8 cm³/mol. The smallest absolute Gasteiger partial charge is 0.140 e. The maximum atomic E-state index is 5.69. The van der Waals surface area contributed by atoms with Gasteiger partial charge in [0.2, 0.25) is 0 Å². The van der Waals surface area contributed by atoms with Gasteiger partial charge in [0.1, 0.15) is 11.6 Å². The number of benzene rings is 2. The molecule has 3 aromatic rings. The van der Waals surface area contributed by atoms with E-state index in [0.717, 1.165) is 46.8 Å². The molecule has 0 saturated carbocycles. The Hall–Kier alpha value is -2.33. The summed E-state index contributed by atoms with van der Waals surface area (Å²) in [4.78, 5) is 4.76. The third-order valence-corrected chi connectivity index (χ3v) is 3.77. The van der Waals surface area contributed by atoms with Crippen molar-refractivity contribution >= 4 is 11.0 Å². The van der Waals surface area contributed by atoms with E-state index in [1.54, 1.807) is 0 Å². The molecule has 3 rings (SSSR count). The number of aromatic nitrogens is 2. The summed E-state index contributed by atoms with van der Waals surface area (Å²) < 4.78 is 7.79. The number of nitrogens with zero attached hydrogens (tertiary/aromatic N) is 2. The van der Waals surface area contributed by atoms with E-state index >= 15 is 0 Å². The number of rotatable bonds is 5. The highest BCUT2D eigenvalue weighted by Crippen LogP contribution is 2.26. The van der Waals surface area contributed by atoms with E-state index in [2.05, 4.69) is 29.7 Å². The SMILES string of the molecule is CCCOc1ccc2c(c1)nc(-c1ccc(CN)cc1)n2C. The van der Waals surface area contributed by atoms with Crippen molar-refractivity contribution in [2.24, 2.45) is 12.8 Å². The van der Waals surface area contributed by atoms with Crippen molar-refractivity contribution in [2.75, 3.05) is 6.61 Å². The highest BCUT2D eigenvalue weighted by molar-refractivity contribution is 5.81. The molecule has 0 unspecified atom stereocenters. The monoisotopic (exact) mass is 295 g/mol. The second-order valence-electron chi connectivity index (χ2n) is 5.39. The van der Waals surface area contributed by atoms with Crippen LogP contribution >= 0.6 is 0 Å². The van der Waals surface area contributed by atoms with E-state index in [1.807, 2.05) is 31.3 Å². The van der Waals surface area contributed by atoms with Gasteiger partial charge in [-0.3, -0.25) is 0 Å². The van der Waals surface area contributed by atoms with Gasteiger partial charge in [0.25, 0.3) is 0 Å². The average molecular weight is 295 g/mol. The lowest BCUT2D eigenvalue weighted by molar-refractivity contribution is 0.318. The van der Waals surface area contributed by atoms with Crippen molar-refractivity contribution < 1.29 is 4.74 Å². The Morgan fingerprint density at radius 3 is 2.59 bits per heavy atom. The van der Waals surface area contributed by atoms with Crippen LogP contribution in [0.5, 0.6) is 5.75 Å². The molecule has 0 aliphatic heterocycles. The van der Waals surface area contributed by atoms with Crippen molar-refractivity contribution in [3.8, 4) is 17.1 Å². The summed E-state index contributed by atoms with van der Waals surface area (Å²) in [6, 6.07) is 14.3. The summed E-state index contributed by atoms with van der Waals surface area (Å²) in [5.74, 6) is 1.82. The Balaban J connectivity index is 2.00. The number of hydrogen-bond acceptors (Lipinski definition) is 3. The first-order valence-corrected chi connectivity index (χ1v) is 7.61. The lowest BCUT2D eigenvalue weighted by Gasteiger charge is -2.04. The van der Waals surface area contributed by atoms with Gasteiger partial charge in [0, 0.05) is 25.2 Å². The third-order valence-electron chi connectivity index (χ3n) is 3.77. The average Bonchev–Trinajstić information content (AvgIpc) is 2.89. The van der Waals surface area contributed by atoms with E-state index in [4.69, 9.17) is 15.5 Å². The Morgan fingerprint density at radius 2 is 1.91 bits per heavy atom. The molecule has 0 spiro atoms.